The standard InChI is InChI=1S/C27H26N2O2/c1-17(2)21-11-7-20(8-12-21)9-14-26(30)28-23-16-22(10-6-19(23)4)27-29-24-15-18(3)5-13-25(24)31-27/h5-17H,1-4H3,(H,28,30)/b14-9+. The number of rotatable bonds is 5. The van der Waals surface area contributed by atoms with E-state index in [2.05, 4.69) is 36.3 Å². The Bertz CT molecular complexity index is 1260. The molecule has 1 aromatic heterocycles. The fraction of sp³-hybridized carbons (Fsp3) is 0.185. The lowest BCUT2D eigenvalue weighted by Gasteiger charge is -2.08. The van der Waals surface area contributed by atoms with Crippen molar-refractivity contribution in [2.24, 2.45) is 0 Å². The van der Waals surface area contributed by atoms with Crippen LogP contribution >= 0.6 is 0 Å². The van der Waals surface area contributed by atoms with Crippen LogP contribution in [0.25, 0.3) is 28.6 Å². The van der Waals surface area contributed by atoms with Crippen LogP contribution in [0.5, 0.6) is 0 Å². The minimum absolute atomic E-state index is 0.179. The third-order valence-electron chi connectivity index (χ3n) is 5.32. The van der Waals surface area contributed by atoms with Crippen LogP contribution in [0.1, 0.15) is 42.0 Å². The van der Waals surface area contributed by atoms with E-state index in [-0.39, 0.29) is 5.91 Å². The van der Waals surface area contributed by atoms with E-state index in [1.54, 1.807) is 6.08 Å². The summed E-state index contributed by atoms with van der Waals surface area (Å²) >= 11 is 0. The molecule has 1 N–H and O–H groups in total. The molecule has 0 bridgehead atoms. The minimum Gasteiger partial charge on any atom is -0.436 e. The minimum atomic E-state index is -0.179. The summed E-state index contributed by atoms with van der Waals surface area (Å²) in [4.78, 5) is 17.1. The monoisotopic (exact) mass is 410 g/mol. The van der Waals surface area contributed by atoms with Crippen molar-refractivity contribution in [3.63, 3.8) is 0 Å². The number of nitrogens with zero attached hydrogens (tertiary/aromatic N) is 1. The van der Waals surface area contributed by atoms with Crippen LogP contribution in [-0.2, 0) is 4.79 Å². The quantitative estimate of drug-likeness (QED) is 0.365. The number of oxazole rings is 1. The molecule has 4 aromatic rings. The molecule has 0 saturated carbocycles. The Morgan fingerprint density at radius 1 is 1.00 bits per heavy atom. The molecule has 31 heavy (non-hydrogen) atoms. The number of aryl methyl sites for hydroxylation is 2. The third-order valence-corrected chi connectivity index (χ3v) is 5.32. The van der Waals surface area contributed by atoms with Gasteiger partial charge in [0.25, 0.3) is 0 Å². The first-order chi connectivity index (χ1) is 14.9. The maximum atomic E-state index is 12.5. The third kappa shape index (κ3) is 4.75. The first-order valence-electron chi connectivity index (χ1n) is 10.5. The molecular formula is C27H26N2O2. The van der Waals surface area contributed by atoms with Crippen LogP contribution < -0.4 is 5.32 Å². The maximum absolute atomic E-state index is 12.5. The first-order valence-corrected chi connectivity index (χ1v) is 10.5. The predicted molar refractivity (Wildman–Crippen MR) is 127 cm³/mol. The highest BCUT2D eigenvalue weighted by Crippen LogP contribution is 2.28. The molecule has 0 atom stereocenters. The van der Waals surface area contributed by atoms with Crippen molar-refractivity contribution in [3.05, 3.63) is 89.0 Å². The number of aromatic nitrogens is 1. The van der Waals surface area contributed by atoms with Crippen LogP contribution in [0.4, 0.5) is 5.69 Å². The van der Waals surface area contributed by atoms with Gasteiger partial charge in [-0.15, -0.1) is 0 Å². The lowest BCUT2D eigenvalue weighted by Crippen LogP contribution is -2.09. The second-order valence-corrected chi connectivity index (χ2v) is 8.16. The van der Waals surface area contributed by atoms with Gasteiger partial charge in [-0.1, -0.05) is 50.2 Å². The van der Waals surface area contributed by atoms with Crippen molar-refractivity contribution in [3.8, 4) is 11.5 Å². The normalized spacial score (nSPS) is 11.5. The van der Waals surface area contributed by atoms with Gasteiger partial charge < -0.3 is 9.73 Å². The molecule has 0 aliphatic heterocycles. The van der Waals surface area contributed by atoms with Crippen molar-refractivity contribution < 1.29 is 9.21 Å². The molecule has 1 amide bonds. The lowest BCUT2D eigenvalue weighted by atomic mass is 10.0. The van der Waals surface area contributed by atoms with Gasteiger partial charge in [0.1, 0.15) is 5.52 Å². The first kappa shape index (κ1) is 20.6. The highest BCUT2D eigenvalue weighted by Gasteiger charge is 2.11. The van der Waals surface area contributed by atoms with Crippen LogP contribution in [-0.4, -0.2) is 10.9 Å². The summed E-state index contributed by atoms with van der Waals surface area (Å²) in [6, 6.07) is 20.0. The van der Waals surface area contributed by atoms with Crippen LogP contribution in [0.3, 0.4) is 0 Å². The number of amides is 1. The molecule has 4 nitrogen and oxygen atoms in total. The fourth-order valence-corrected chi connectivity index (χ4v) is 3.39. The topological polar surface area (TPSA) is 55.1 Å². The molecule has 0 radical (unpaired) electrons. The Balaban J connectivity index is 1.52. The van der Waals surface area contributed by atoms with E-state index in [4.69, 9.17) is 4.42 Å². The SMILES string of the molecule is Cc1ccc2oc(-c3ccc(C)c(NC(=O)/C=C/c4ccc(C(C)C)cc4)c3)nc2c1. The molecule has 3 aromatic carbocycles. The summed E-state index contributed by atoms with van der Waals surface area (Å²) in [5.41, 5.74) is 7.51. The van der Waals surface area contributed by atoms with Gasteiger partial charge >= 0.3 is 0 Å². The molecule has 156 valence electrons. The van der Waals surface area contributed by atoms with Gasteiger partial charge in [0.2, 0.25) is 11.8 Å². The van der Waals surface area contributed by atoms with E-state index in [1.165, 1.54) is 5.56 Å². The maximum Gasteiger partial charge on any atom is 0.248 e. The van der Waals surface area contributed by atoms with E-state index >= 15 is 0 Å². The summed E-state index contributed by atoms with van der Waals surface area (Å²) in [7, 11) is 0. The zero-order valence-electron chi connectivity index (χ0n) is 18.3. The van der Waals surface area contributed by atoms with Gasteiger partial charge in [-0.3, -0.25) is 4.79 Å². The van der Waals surface area contributed by atoms with Gasteiger partial charge in [0.15, 0.2) is 5.58 Å². The summed E-state index contributed by atoms with van der Waals surface area (Å²) < 4.78 is 5.90. The lowest BCUT2D eigenvalue weighted by molar-refractivity contribution is -0.111. The number of hydrogen-bond acceptors (Lipinski definition) is 3. The van der Waals surface area contributed by atoms with Gasteiger partial charge in [0.05, 0.1) is 0 Å². The Morgan fingerprint density at radius 2 is 1.77 bits per heavy atom. The molecular weight excluding hydrogens is 384 g/mol. The highest BCUT2D eigenvalue weighted by molar-refractivity contribution is 6.02. The Hall–Kier alpha value is -3.66. The van der Waals surface area contributed by atoms with Crippen molar-refractivity contribution in [1.29, 1.82) is 0 Å². The zero-order chi connectivity index (χ0) is 22.0. The molecule has 0 aliphatic rings. The molecule has 4 rings (SSSR count). The number of benzene rings is 3. The van der Waals surface area contributed by atoms with Gasteiger partial charge in [-0.25, -0.2) is 4.98 Å². The average Bonchev–Trinajstić information content (AvgIpc) is 3.17. The number of anilines is 1. The Kier molecular flexibility index (Phi) is 5.72. The van der Waals surface area contributed by atoms with E-state index < -0.39 is 0 Å². The smallest absolute Gasteiger partial charge is 0.248 e. The number of carbonyl (C=O) groups is 1. The molecule has 0 spiro atoms. The molecule has 1 heterocycles. The number of fused-ring (bicyclic) bond motifs is 1. The molecule has 0 aliphatic carbocycles. The number of hydrogen-bond donors (Lipinski definition) is 1. The second-order valence-electron chi connectivity index (χ2n) is 8.16. The molecule has 0 saturated heterocycles. The van der Waals surface area contributed by atoms with Crippen LogP contribution in [0, 0.1) is 13.8 Å². The van der Waals surface area contributed by atoms with Crippen LogP contribution in [0.15, 0.2) is 71.2 Å². The highest BCUT2D eigenvalue weighted by atomic mass is 16.3. The summed E-state index contributed by atoms with van der Waals surface area (Å²) in [6.45, 7) is 8.32. The zero-order valence-corrected chi connectivity index (χ0v) is 18.3. The molecule has 4 heteroatoms. The molecule has 0 unspecified atom stereocenters. The second kappa shape index (κ2) is 8.60. The molecule has 0 fully saturated rings. The number of carbonyl (C=O) groups excluding carboxylic acids is 1. The fourth-order valence-electron chi connectivity index (χ4n) is 3.39. The van der Waals surface area contributed by atoms with Crippen molar-refractivity contribution >= 4 is 28.8 Å². The number of nitrogens with one attached hydrogen (secondary N) is 1. The van der Waals surface area contributed by atoms with Gasteiger partial charge in [-0.05, 0) is 72.4 Å². The largest absolute Gasteiger partial charge is 0.436 e. The summed E-state index contributed by atoms with van der Waals surface area (Å²) in [5.74, 6) is 0.847. The van der Waals surface area contributed by atoms with Crippen molar-refractivity contribution in [1.82, 2.24) is 4.98 Å². The van der Waals surface area contributed by atoms with Crippen molar-refractivity contribution in [2.45, 2.75) is 33.6 Å². The summed E-state index contributed by atoms with van der Waals surface area (Å²) in [6.07, 6.45) is 3.38. The van der Waals surface area contributed by atoms with Gasteiger partial charge in [-0.2, -0.15) is 0 Å². The predicted octanol–water partition coefficient (Wildman–Crippen LogP) is 6.89. The van der Waals surface area contributed by atoms with Gasteiger partial charge in [0, 0.05) is 17.3 Å². The Labute approximate surface area is 182 Å². The average molecular weight is 411 g/mol. The van der Waals surface area contributed by atoms with Crippen molar-refractivity contribution in [2.75, 3.05) is 5.32 Å². The van der Waals surface area contributed by atoms with E-state index in [9.17, 15) is 4.79 Å². The van der Waals surface area contributed by atoms with E-state index in [0.29, 0.717) is 11.8 Å². The summed E-state index contributed by atoms with van der Waals surface area (Å²) in [5, 5.41) is 2.97. The van der Waals surface area contributed by atoms with E-state index in [1.807, 2.05) is 68.5 Å². The van der Waals surface area contributed by atoms with E-state index in [0.717, 1.165) is 39.0 Å². The van der Waals surface area contributed by atoms with Crippen LogP contribution in [0.2, 0.25) is 0 Å². The Morgan fingerprint density at radius 3 is 2.52 bits per heavy atom.